The maximum Gasteiger partial charge on any atom is 0.203 e. The van der Waals surface area contributed by atoms with Gasteiger partial charge in [-0.2, -0.15) is 0 Å². The normalized spacial score (nSPS) is 11.0. The number of ether oxygens (including phenoxy) is 5. The molecule has 0 aliphatic heterocycles. The Morgan fingerprint density at radius 3 is 1.84 bits per heavy atom. The Kier molecular flexibility index (Phi) is 9.71. The molecule has 194 valence electrons. The van der Waals surface area contributed by atoms with Crippen molar-refractivity contribution in [2.24, 2.45) is 0 Å². The van der Waals surface area contributed by atoms with Gasteiger partial charge in [-0.25, -0.2) is 0 Å². The van der Waals surface area contributed by atoms with Crippen molar-refractivity contribution < 1.29 is 28.5 Å². The molecule has 0 radical (unpaired) electrons. The smallest absolute Gasteiger partial charge is 0.203 e. The standard InChI is InChI=1S/C28H27Cl2NO6/c1-33-24-9-8-19(16-20(24)29)23(32)10-11-31-22-13-17(12-21(30)27(22)36-4)6-7-18-14-25(34-2)28(37-5)26(15-18)35-3/h6-16,31H,1-5H3. The van der Waals surface area contributed by atoms with Crippen LogP contribution in [0.15, 0.2) is 54.7 Å². The molecule has 0 aliphatic carbocycles. The van der Waals surface area contributed by atoms with Crippen molar-refractivity contribution in [3.63, 3.8) is 0 Å². The van der Waals surface area contributed by atoms with E-state index in [9.17, 15) is 4.79 Å². The van der Waals surface area contributed by atoms with Gasteiger partial charge in [0.25, 0.3) is 0 Å². The van der Waals surface area contributed by atoms with Gasteiger partial charge >= 0.3 is 0 Å². The van der Waals surface area contributed by atoms with E-state index in [1.54, 1.807) is 45.6 Å². The Bertz CT molecular complexity index is 1310. The van der Waals surface area contributed by atoms with Gasteiger partial charge in [-0.05, 0) is 53.6 Å². The number of ketones is 1. The van der Waals surface area contributed by atoms with Gasteiger partial charge in [-0.15, -0.1) is 0 Å². The van der Waals surface area contributed by atoms with Crippen LogP contribution >= 0.6 is 23.2 Å². The summed E-state index contributed by atoms with van der Waals surface area (Å²) < 4.78 is 26.8. The predicted molar refractivity (Wildman–Crippen MR) is 148 cm³/mol. The van der Waals surface area contributed by atoms with Crippen LogP contribution in [0.5, 0.6) is 28.7 Å². The lowest BCUT2D eigenvalue weighted by Gasteiger charge is -2.13. The number of allylic oxidation sites excluding steroid dienone is 1. The highest BCUT2D eigenvalue weighted by atomic mass is 35.5. The van der Waals surface area contributed by atoms with Crippen molar-refractivity contribution in [2.75, 3.05) is 40.9 Å². The molecule has 0 saturated carbocycles. The van der Waals surface area contributed by atoms with Gasteiger partial charge < -0.3 is 29.0 Å². The number of halogens is 2. The van der Waals surface area contributed by atoms with E-state index in [1.807, 2.05) is 30.4 Å². The first-order chi connectivity index (χ1) is 17.8. The summed E-state index contributed by atoms with van der Waals surface area (Å²) in [5, 5.41) is 3.83. The van der Waals surface area contributed by atoms with Crippen LogP contribution in [0.25, 0.3) is 12.2 Å². The van der Waals surface area contributed by atoms with Crippen molar-refractivity contribution in [3.8, 4) is 28.7 Å². The van der Waals surface area contributed by atoms with Gasteiger partial charge in [0, 0.05) is 17.8 Å². The molecule has 3 rings (SSSR count). The monoisotopic (exact) mass is 543 g/mol. The lowest BCUT2D eigenvalue weighted by atomic mass is 10.1. The third-order valence-corrected chi connectivity index (χ3v) is 5.91. The van der Waals surface area contributed by atoms with Gasteiger partial charge in [0.05, 0.1) is 51.3 Å². The zero-order valence-corrected chi connectivity index (χ0v) is 22.6. The maximum atomic E-state index is 12.6. The van der Waals surface area contributed by atoms with Crippen molar-refractivity contribution in [1.82, 2.24) is 0 Å². The molecule has 0 heterocycles. The molecule has 3 aromatic rings. The van der Waals surface area contributed by atoms with Crippen molar-refractivity contribution in [3.05, 3.63) is 81.5 Å². The first-order valence-corrected chi connectivity index (χ1v) is 11.8. The highest BCUT2D eigenvalue weighted by Crippen LogP contribution is 2.39. The highest BCUT2D eigenvalue weighted by molar-refractivity contribution is 6.33. The maximum absolute atomic E-state index is 12.6. The number of nitrogens with one attached hydrogen (secondary N) is 1. The molecule has 0 saturated heterocycles. The molecule has 0 fully saturated rings. The Labute approximate surface area is 226 Å². The molecule has 0 atom stereocenters. The average Bonchev–Trinajstić information content (AvgIpc) is 2.90. The zero-order valence-electron chi connectivity index (χ0n) is 21.1. The van der Waals surface area contributed by atoms with E-state index in [1.165, 1.54) is 26.5 Å². The molecular weight excluding hydrogens is 517 g/mol. The average molecular weight is 544 g/mol. The van der Waals surface area contributed by atoms with Crippen molar-refractivity contribution in [1.29, 1.82) is 0 Å². The lowest BCUT2D eigenvalue weighted by Crippen LogP contribution is -1.99. The minimum Gasteiger partial charge on any atom is -0.495 e. The molecule has 0 amide bonds. The topological polar surface area (TPSA) is 75.3 Å². The molecule has 0 aromatic heterocycles. The van der Waals surface area contributed by atoms with E-state index in [4.69, 9.17) is 46.9 Å². The molecule has 7 nitrogen and oxygen atoms in total. The van der Waals surface area contributed by atoms with Crippen LogP contribution in [0, 0.1) is 0 Å². The summed E-state index contributed by atoms with van der Waals surface area (Å²) in [5.41, 5.74) is 2.63. The van der Waals surface area contributed by atoms with Crippen LogP contribution in [-0.4, -0.2) is 41.3 Å². The third kappa shape index (κ3) is 6.70. The summed E-state index contributed by atoms with van der Waals surface area (Å²) in [6.07, 6.45) is 6.68. The fourth-order valence-corrected chi connectivity index (χ4v) is 4.10. The summed E-state index contributed by atoms with van der Waals surface area (Å²) in [4.78, 5) is 12.6. The zero-order chi connectivity index (χ0) is 26.9. The number of rotatable bonds is 11. The third-order valence-electron chi connectivity index (χ3n) is 5.34. The number of carbonyl (C=O) groups is 1. The second-order valence-corrected chi connectivity index (χ2v) is 8.38. The molecular formula is C28H27Cl2NO6. The number of hydrogen-bond donors (Lipinski definition) is 1. The second kappa shape index (κ2) is 12.9. The van der Waals surface area contributed by atoms with E-state index in [0.717, 1.165) is 11.1 Å². The van der Waals surface area contributed by atoms with E-state index in [2.05, 4.69) is 5.32 Å². The number of anilines is 1. The number of benzene rings is 3. The van der Waals surface area contributed by atoms with E-state index >= 15 is 0 Å². The summed E-state index contributed by atoms with van der Waals surface area (Å²) in [6.45, 7) is 0. The summed E-state index contributed by atoms with van der Waals surface area (Å²) in [6, 6.07) is 12.1. The Morgan fingerprint density at radius 2 is 1.30 bits per heavy atom. The summed E-state index contributed by atoms with van der Waals surface area (Å²) in [5.74, 6) is 2.31. The van der Waals surface area contributed by atoms with Crippen LogP contribution in [-0.2, 0) is 0 Å². The Balaban J connectivity index is 1.84. The van der Waals surface area contributed by atoms with Crippen molar-refractivity contribution in [2.45, 2.75) is 0 Å². The van der Waals surface area contributed by atoms with Crippen LogP contribution in [0.1, 0.15) is 21.5 Å². The van der Waals surface area contributed by atoms with Gasteiger partial charge in [0.15, 0.2) is 23.0 Å². The first-order valence-electron chi connectivity index (χ1n) is 11.0. The molecule has 37 heavy (non-hydrogen) atoms. The number of carbonyl (C=O) groups excluding carboxylic acids is 1. The predicted octanol–water partition coefficient (Wildman–Crippen LogP) is 7.02. The molecule has 1 N–H and O–H groups in total. The molecule has 0 bridgehead atoms. The lowest BCUT2D eigenvalue weighted by molar-refractivity contribution is 0.104. The van der Waals surface area contributed by atoms with E-state index in [0.29, 0.717) is 50.0 Å². The van der Waals surface area contributed by atoms with Crippen LogP contribution in [0.3, 0.4) is 0 Å². The van der Waals surface area contributed by atoms with Gasteiger partial charge in [-0.3, -0.25) is 4.79 Å². The fourth-order valence-electron chi connectivity index (χ4n) is 3.54. The SMILES string of the molecule is COc1ccc(C(=O)C=CNc2cc(C=Cc3cc(OC)c(OC)c(OC)c3)cc(Cl)c2OC)cc1Cl. The fraction of sp³-hybridized carbons (Fsp3) is 0.179. The second-order valence-electron chi connectivity index (χ2n) is 7.57. The molecule has 9 heteroatoms. The van der Waals surface area contributed by atoms with Crippen molar-refractivity contribution >= 4 is 46.8 Å². The Hall–Kier alpha value is -3.81. The number of methoxy groups -OCH3 is 5. The van der Waals surface area contributed by atoms with Gasteiger partial charge in [0.1, 0.15) is 5.75 Å². The van der Waals surface area contributed by atoms with Gasteiger partial charge in [-0.1, -0.05) is 35.4 Å². The summed E-state index contributed by atoms with van der Waals surface area (Å²) in [7, 11) is 7.71. The van der Waals surface area contributed by atoms with Crippen LogP contribution in [0.2, 0.25) is 10.0 Å². The summed E-state index contributed by atoms with van der Waals surface area (Å²) >= 11 is 12.6. The minimum atomic E-state index is -0.236. The quantitative estimate of drug-likeness (QED) is 0.158. The molecule has 0 spiro atoms. The Morgan fingerprint density at radius 1 is 0.703 bits per heavy atom. The van der Waals surface area contributed by atoms with E-state index in [-0.39, 0.29) is 5.78 Å². The first kappa shape index (κ1) is 27.8. The van der Waals surface area contributed by atoms with Crippen LogP contribution in [0.4, 0.5) is 5.69 Å². The largest absolute Gasteiger partial charge is 0.495 e. The van der Waals surface area contributed by atoms with E-state index < -0.39 is 0 Å². The molecule has 3 aromatic carbocycles. The highest BCUT2D eigenvalue weighted by Gasteiger charge is 2.13. The van der Waals surface area contributed by atoms with Crippen LogP contribution < -0.4 is 29.0 Å². The molecule has 0 aliphatic rings. The molecule has 0 unspecified atom stereocenters. The minimum absolute atomic E-state index is 0.236. The van der Waals surface area contributed by atoms with Gasteiger partial charge in [0.2, 0.25) is 5.75 Å². The number of hydrogen-bond acceptors (Lipinski definition) is 7.